The van der Waals surface area contributed by atoms with Crippen LogP contribution in [-0.4, -0.2) is 15.2 Å². The normalized spacial score (nSPS) is 12.4. The third-order valence-corrected chi connectivity index (χ3v) is 3.06. The maximum atomic E-state index is 5.79. The molecule has 1 unspecified atom stereocenters. The zero-order valence-corrected chi connectivity index (χ0v) is 10.6. The predicted molar refractivity (Wildman–Crippen MR) is 69.0 cm³/mol. The Balaban J connectivity index is 2.29. The Morgan fingerprint density at radius 1 is 1.24 bits per heavy atom. The fraction of sp³-hybridized carbons (Fsp3) is 0.308. The van der Waals surface area contributed by atoms with E-state index < -0.39 is 0 Å². The molecular formula is C13H14ClN3. The van der Waals surface area contributed by atoms with E-state index in [0.29, 0.717) is 16.9 Å². The lowest BCUT2D eigenvalue weighted by Gasteiger charge is -2.09. The van der Waals surface area contributed by atoms with Crippen molar-refractivity contribution in [1.29, 1.82) is 0 Å². The number of benzene rings is 1. The number of aromatic nitrogens is 3. The van der Waals surface area contributed by atoms with Gasteiger partial charge < -0.3 is 0 Å². The second-order valence-electron chi connectivity index (χ2n) is 4.03. The molecule has 0 saturated carbocycles. The molecule has 0 aliphatic carbocycles. The highest BCUT2D eigenvalue weighted by Gasteiger charge is 2.05. The zero-order valence-electron chi connectivity index (χ0n) is 9.89. The summed E-state index contributed by atoms with van der Waals surface area (Å²) in [5.41, 5.74) is 2.26. The lowest BCUT2D eigenvalue weighted by molar-refractivity contribution is 0.733. The van der Waals surface area contributed by atoms with Gasteiger partial charge in [0.05, 0.1) is 6.20 Å². The zero-order chi connectivity index (χ0) is 12.3. The highest BCUT2D eigenvalue weighted by molar-refractivity contribution is 6.29. The molecule has 88 valence electrons. The molecule has 1 atom stereocenters. The number of nitrogens with zero attached hydrogens (tertiary/aromatic N) is 3. The molecule has 0 aliphatic rings. The van der Waals surface area contributed by atoms with Crippen LogP contribution >= 0.6 is 11.6 Å². The summed E-state index contributed by atoms with van der Waals surface area (Å²) in [5.74, 6) is 1.13. The lowest BCUT2D eigenvalue weighted by atomic mass is 9.97. The third kappa shape index (κ3) is 2.80. The average molecular weight is 248 g/mol. The van der Waals surface area contributed by atoms with E-state index in [1.165, 1.54) is 11.8 Å². The van der Waals surface area contributed by atoms with Crippen LogP contribution in [0.5, 0.6) is 0 Å². The first-order chi connectivity index (χ1) is 8.20. The summed E-state index contributed by atoms with van der Waals surface area (Å²) in [4.78, 5) is 4.13. The molecular weight excluding hydrogens is 234 g/mol. The molecule has 0 N–H and O–H groups in total. The Morgan fingerprint density at radius 3 is 2.53 bits per heavy atom. The Labute approximate surface area is 106 Å². The van der Waals surface area contributed by atoms with Crippen molar-refractivity contribution in [2.45, 2.75) is 26.2 Å². The largest absolute Gasteiger partial charge is 0.213 e. The monoisotopic (exact) mass is 247 g/mol. The van der Waals surface area contributed by atoms with Crippen LogP contribution < -0.4 is 0 Å². The van der Waals surface area contributed by atoms with Gasteiger partial charge in [-0.1, -0.05) is 49.7 Å². The van der Waals surface area contributed by atoms with Gasteiger partial charge in [-0.3, -0.25) is 0 Å². The fourth-order valence-corrected chi connectivity index (χ4v) is 1.73. The highest BCUT2D eigenvalue weighted by Crippen LogP contribution is 2.22. The standard InChI is InChI=1S/C13H14ClN3/c1-3-9(2)10-4-6-11(7-5-10)13-16-12(14)8-15-17-13/h4-9H,3H2,1-2H3. The Morgan fingerprint density at radius 2 is 1.94 bits per heavy atom. The summed E-state index contributed by atoms with van der Waals surface area (Å²) in [6.07, 6.45) is 2.56. The minimum Gasteiger partial charge on any atom is -0.213 e. The van der Waals surface area contributed by atoms with Crippen molar-refractivity contribution in [1.82, 2.24) is 15.2 Å². The molecule has 4 heteroatoms. The van der Waals surface area contributed by atoms with Crippen LogP contribution in [0.2, 0.25) is 5.15 Å². The molecule has 1 aromatic heterocycles. The number of halogens is 1. The SMILES string of the molecule is CCC(C)c1ccc(-c2nncc(Cl)n2)cc1. The minimum absolute atomic E-state index is 0.362. The fourth-order valence-electron chi connectivity index (χ4n) is 1.60. The molecule has 1 aromatic carbocycles. The molecule has 0 fully saturated rings. The van der Waals surface area contributed by atoms with Gasteiger partial charge in [0.2, 0.25) is 0 Å². The summed E-state index contributed by atoms with van der Waals surface area (Å²) in [6, 6.07) is 8.23. The summed E-state index contributed by atoms with van der Waals surface area (Å²) in [6.45, 7) is 4.40. The van der Waals surface area contributed by atoms with Crippen LogP contribution in [0.3, 0.4) is 0 Å². The van der Waals surface area contributed by atoms with Gasteiger partial charge in [-0.15, -0.1) is 5.10 Å². The van der Waals surface area contributed by atoms with E-state index >= 15 is 0 Å². The van der Waals surface area contributed by atoms with Crippen LogP contribution in [-0.2, 0) is 0 Å². The smallest absolute Gasteiger partial charge is 0.183 e. The Bertz CT molecular complexity index is 496. The van der Waals surface area contributed by atoms with E-state index in [9.17, 15) is 0 Å². The van der Waals surface area contributed by atoms with Gasteiger partial charge in [-0.05, 0) is 17.9 Å². The first-order valence-electron chi connectivity index (χ1n) is 5.66. The molecule has 0 saturated heterocycles. The molecule has 0 aliphatic heterocycles. The van der Waals surface area contributed by atoms with Crippen LogP contribution in [0, 0.1) is 0 Å². The van der Waals surface area contributed by atoms with Gasteiger partial charge in [0.1, 0.15) is 0 Å². The van der Waals surface area contributed by atoms with Gasteiger partial charge >= 0.3 is 0 Å². The molecule has 0 spiro atoms. The molecule has 1 heterocycles. The van der Waals surface area contributed by atoms with Crippen molar-refractivity contribution in [3.8, 4) is 11.4 Å². The van der Waals surface area contributed by atoms with Crippen molar-refractivity contribution >= 4 is 11.6 Å². The van der Waals surface area contributed by atoms with Crippen LogP contribution in [0.1, 0.15) is 31.7 Å². The van der Waals surface area contributed by atoms with E-state index in [1.54, 1.807) is 0 Å². The second kappa shape index (κ2) is 5.23. The number of hydrogen-bond acceptors (Lipinski definition) is 3. The first kappa shape index (κ1) is 12.0. The maximum absolute atomic E-state index is 5.79. The minimum atomic E-state index is 0.362. The van der Waals surface area contributed by atoms with Gasteiger partial charge in [0, 0.05) is 5.56 Å². The average Bonchev–Trinajstić information content (AvgIpc) is 2.38. The van der Waals surface area contributed by atoms with Crippen molar-refractivity contribution in [2.75, 3.05) is 0 Å². The number of hydrogen-bond donors (Lipinski definition) is 0. The molecule has 2 aromatic rings. The highest BCUT2D eigenvalue weighted by atomic mass is 35.5. The molecule has 3 nitrogen and oxygen atoms in total. The molecule has 0 bridgehead atoms. The van der Waals surface area contributed by atoms with E-state index in [0.717, 1.165) is 12.0 Å². The van der Waals surface area contributed by atoms with E-state index in [1.807, 2.05) is 12.1 Å². The quantitative estimate of drug-likeness (QED) is 0.830. The predicted octanol–water partition coefficient (Wildman–Crippen LogP) is 3.71. The van der Waals surface area contributed by atoms with E-state index in [4.69, 9.17) is 11.6 Å². The topological polar surface area (TPSA) is 38.7 Å². The lowest BCUT2D eigenvalue weighted by Crippen LogP contribution is -1.94. The summed E-state index contributed by atoms with van der Waals surface area (Å²) in [7, 11) is 0. The van der Waals surface area contributed by atoms with Crippen molar-refractivity contribution in [3.05, 3.63) is 41.2 Å². The summed E-state index contributed by atoms with van der Waals surface area (Å²) in [5, 5.41) is 8.11. The van der Waals surface area contributed by atoms with Crippen LogP contribution in [0.15, 0.2) is 30.5 Å². The molecule has 0 radical (unpaired) electrons. The number of rotatable bonds is 3. The first-order valence-corrected chi connectivity index (χ1v) is 6.04. The van der Waals surface area contributed by atoms with Crippen molar-refractivity contribution in [3.63, 3.8) is 0 Å². The summed E-state index contributed by atoms with van der Waals surface area (Å²) >= 11 is 5.79. The van der Waals surface area contributed by atoms with Crippen LogP contribution in [0.25, 0.3) is 11.4 Å². The molecule has 17 heavy (non-hydrogen) atoms. The van der Waals surface area contributed by atoms with Gasteiger partial charge in [0.15, 0.2) is 11.0 Å². The molecule has 0 amide bonds. The Kier molecular flexibility index (Phi) is 3.69. The summed E-state index contributed by atoms with van der Waals surface area (Å²) < 4.78 is 0. The third-order valence-electron chi connectivity index (χ3n) is 2.88. The van der Waals surface area contributed by atoms with E-state index in [-0.39, 0.29) is 0 Å². The van der Waals surface area contributed by atoms with Crippen molar-refractivity contribution in [2.24, 2.45) is 0 Å². The van der Waals surface area contributed by atoms with Gasteiger partial charge in [0.25, 0.3) is 0 Å². The second-order valence-corrected chi connectivity index (χ2v) is 4.42. The van der Waals surface area contributed by atoms with Gasteiger partial charge in [-0.2, -0.15) is 5.10 Å². The van der Waals surface area contributed by atoms with Crippen LogP contribution in [0.4, 0.5) is 0 Å². The van der Waals surface area contributed by atoms with Crippen molar-refractivity contribution < 1.29 is 0 Å². The molecule has 2 rings (SSSR count). The Hall–Kier alpha value is -1.48. The van der Waals surface area contributed by atoms with E-state index in [2.05, 4.69) is 41.2 Å². The maximum Gasteiger partial charge on any atom is 0.183 e. The van der Waals surface area contributed by atoms with Gasteiger partial charge in [-0.25, -0.2) is 4.98 Å².